The van der Waals surface area contributed by atoms with Gasteiger partial charge in [0.1, 0.15) is 5.82 Å². The molecule has 2 rings (SSSR count). The van der Waals surface area contributed by atoms with Crippen LogP contribution in [0.5, 0.6) is 0 Å². The lowest BCUT2D eigenvalue weighted by Crippen LogP contribution is -2.08. The number of benzene rings is 1. The summed E-state index contributed by atoms with van der Waals surface area (Å²) in [7, 11) is 0. The van der Waals surface area contributed by atoms with E-state index in [-0.39, 0.29) is 11.7 Å². The van der Waals surface area contributed by atoms with Gasteiger partial charge in [-0.15, -0.1) is 11.3 Å². The first kappa shape index (κ1) is 13.0. The number of hydrogen-bond donors (Lipinski definition) is 1. The minimum absolute atomic E-state index is 0.0331. The van der Waals surface area contributed by atoms with Gasteiger partial charge in [0.25, 0.3) is 0 Å². The van der Waals surface area contributed by atoms with E-state index in [1.807, 2.05) is 25.3 Å². The number of anilines is 1. The summed E-state index contributed by atoms with van der Waals surface area (Å²) in [5.74, 6) is -3.04. The molecule has 2 aromatic rings. The first-order chi connectivity index (χ1) is 8.49. The minimum Gasteiger partial charge on any atom is -0.375 e. The molecule has 0 saturated carbocycles. The van der Waals surface area contributed by atoms with Crippen LogP contribution >= 0.6 is 11.3 Å². The zero-order valence-corrected chi connectivity index (χ0v) is 10.7. The lowest BCUT2D eigenvalue weighted by Gasteiger charge is -2.15. The van der Waals surface area contributed by atoms with Crippen LogP contribution < -0.4 is 5.32 Å². The summed E-state index contributed by atoms with van der Waals surface area (Å²) in [5, 5.41) is 4.79. The first-order valence-electron chi connectivity index (χ1n) is 5.44. The van der Waals surface area contributed by atoms with Gasteiger partial charge in [-0.05, 0) is 30.9 Å². The number of hydrogen-bond acceptors (Lipinski definition) is 2. The fraction of sp³-hybridized carbons (Fsp3) is 0.231. The van der Waals surface area contributed by atoms with Crippen molar-refractivity contribution in [3.8, 4) is 0 Å². The molecule has 1 unspecified atom stereocenters. The smallest absolute Gasteiger partial charge is 0.161 e. The van der Waals surface area contributed by atoms with E-state index in [1.54, 1.807) is 0 Å². The SMILES string of the molecule is Cc1ccsc1C(C)Nc1cc(F)c(F)cc1F. The van der Waals surface area contributed by atoms with Crippen LogP contribution in [0.3, 0.4) is 0 Å². The van der Waals surface area contributed by atoms with Gasteiger partial charge >= 0.3 is 0 Å². The van der Waals surface area contributed by atoms with Gasteiger partial charge in [-0.3, -0.25) is 0 Å². The average molecular weight is 271 g/mol. The standard InChI is InChI=1S/C13H12F3NS/c1-7-3-4-18-13(7)8(2)17-12-6-10(15)9(14)5-11(12)16/h3-6,8,17H,1-2H3. The summed E-state index contributed by atoms with van der Waals surface area (Å²) in [6.45, 7) is 3.80. The van der Waals surface area contributed by atoms with Crippen molar-refractivity contribution < 1.29 is 13.2 Å². The lowest BCUT2D eigenvalue weighted by atomic mass is 10.1. The molecule has 0 spiro atoms. The highest BCUT2D eigenvalue weighted by atomic mass is 32.1. The minimum atomic E-state index is -1.18. The Hall–Kier alpha value is -1.49. The van der Waals surface area contributed by atoms with E-state index in [0.29, 0.717) is 6.07 Å². The molecule has 0 saturated heterocycles. The van der Waals surface area contributed by atoms with Crippen LogP contribution in [0.1, 0.15) is 23.4 Å². The van der Waals surface area contributed by atoms with Crippen LogP contribution in [0.2, 0.25) is 0 Å². The van der Waals surface area contributed by atoms with E-state index < -0.39 is 17.5 Å². The third-order valence-electron chi connectivity index (χ3n) is 2.68. The molecule has 0 aliphatic heterocycles. The zero-order valence-electron chi connectivity index (χ0n) is 9.93. The van der Waals surface area contributed by atoms with Crippen molar-refractivity contribution in [3.05, 3.63) is 51.5 Å². The second-order valence-electron chi connectivity index (χ2n) is 4.08. The molecule has 0 amide bonds. The maximum Gasteiger partial charge on any atom is 0.161 e. The third-order valence-corrected chi connectivity index (χ3v) is 3.88. The second-order valence-corrected chi connectivity index (χ2v) is 5.03. The van der Waals surface area contributed by atoms with Crippen LogP contribution in [-0.4, -0.2) is 0 Å². The van der Waals surface area contributed by atoms with E-state index in [4.69, 9.17) is 0 Å². The molecular weight excluding hydrogens is 259 g/mol. The summed E-state index contributed by atoms with van der Waals surface area (Å²) >= 11 is 1.54. The number of rotatable bonds is 3. The van der Waals surface area contributed by atoms with E-state index in [9.17, 15) is 13.2 Å². The predicted octanol–water partition coefficient (Wildman–Crippen LogP) is 4.65. The van der Waals surface area contributed by atoms with Crippen LogP contribution in [0.25, 0.3) is 0 Å². The maximum absolute atomic E-state index is 13.5. The molecule has 18 heavy (non-hydrogen) atoms. The van der Waals surface area contributed by atoms with Gasteiger partial charge in [-0.25, -0.2) is 13.2 Å². The number of halogens is 3. The quantitative estimate of drug-likeness (QED) is 0.801. The van der Waals surface area contributed by atoms with Crippen molar-refractivity contribution in [1.82, 2.24) is 0 Å². The Morgan fingerprint density at radius 2 is 1.78 bits per heavy atom. The Morgan fingerprint density at radius 3 is 2.39 bits per heavy atom. The third kappa shape index (κ3) is 2.51. The van der Waals surface area contributed by atoms with E-state index in [1.165, 1.54) is 11.3 Å². The van der Waals surface area contributed by atoms with Gasteiger partial charge in [0, 0.05) is 17.0 Å². The summed E-state index contributed by atoms with van der Waals surface area (Å²) < 4.78 is 39.3. The van der Waals surface area contributed by atoms with Gasteiger partial charge in [0.2, 0.25) is 0 Å². The Bertz CT molecular complexity index is 565. The Labute approximate surface area is 107 Å². The van der Waals surface area contributed by atoms with E-state index >= 15 is 0 Å². The highest BCUT2D eigenvalue weighted by Gasteiger charge is 2.14. The van der Waals surface area contributed by atoms with Crippen molar-refractivity contribution in [3.63, 3.8) is 0 Å². The average Bonchev–Trinajstić information content (AvgIpc) is 2.72. The van der Waals surface area contributed by atoms with Gasteiger partial charge in [0.15, 0.2) is 11.6 Å². The van der Waals surface area contributed by atoms with Gasteiger partial charge in [0.05, 0.1) is 11.7 Å². The molecule has 0 fully saturated rings. The molecule has 1 aromatic heterocycles. The molecule has 0 aliphatic rings. The van der Waals surface area contributed by atoms with Gasteiger partial charge in [-0.1, -0.05) is 0 Å². The van der Waals surface area contributed by atoms with Crippen molar-refractivity contribution >= 4 is 17.0 Å². The normalized spacial score (nSPS) is 12.5. The topological polar surface area (TPSA) is 12.0 Å². The van der Waals surface area contributed by atoms with Crippen molar-refractivity contribution in [1.29, 1.82) is 0 Å². The molecule has 1 aromatic carbocycles. The second kappa shape index (κ2) is 5.02. The summed E-state index contributed by atoms with van der Waals surface area (Å²) in [5.41, 5.74) is 1.05. The van der Waals surface area contributed by atoms with Crippen molar-refractivity contribution in [2.75, 3.05) is 5.32 Å². The van der Waals surface area contributed by atoms with Crippen LogP contribution in [0.15, 0.2) is 23.6 Å². The van der Waals surface area contributed by atoms with Crippen LogP contribution in [-0.2, 0) is 0 Å². The lowest BCUT2D eigenvalue weighted by molar-refractivity contribution is 0.495. The molecule has 5 heteroatoms. The fourth-order valence-electron chi connectivity index (χ4n) is 1.76. The fourth-order valence-corrected chi connectivity index (χ4v) is 2.70. The first-order valence-corrected chi connectivity index (χ1v) is 6.32. The Morgan fingerprint density at radius 1 is 1.11 bits per heavy atom. The number of aryl methyl sites for hydroxylation is 1. The molecular formula is C13H12F3NS. The molecule has 1 atom stereocenters. The highest BCUT2D eigenvalue weighted by molar-refractivity contribution is 7.10. The summed E-state index contributed by atoms with van der Waals surface area (Å²) in [4.78, 5) is 1.04. The van der Waals surface area contributed by atoms with Gasteiger partial charge < -0.3 is 5.32 Å². The molecule has 1 nitrogen and oxygen atoms in total. The van der Waals surface area contributed by atoms with Crippen molar-refractivity contribution in [2.24, 2.45) is 0 Å². The highest BCUT2D eigenvalue weighted by Crippen LogP contribution is 2.28. The van der Waals surface area contributed by atoms with Gasteiger partial charge in [-0.2, -0.15) is 0 Å². The number of nitrogens with one attached hydrogen (secondary N) is 1. The molecule has 96 valence electrons. The summed E-state index contributed by atoms with van der Waals surface area (Å²) in [6.07, 6.45) is 0. The monoisotopic (exact) mass is 271 g/mol. The molecule has 0 bridgehead atoms. The number of thiophene rings is 1. The summed E-state index contributed by atoms with van der Waals surface area (Å²) in [6, 6.07) is 3.18. The largest absolute Gasteiger partial charge is 0.375 e. The van der Waals surface area contributed by atoms with E-state index in [2.05, 4.69) is 5.32 Å². The van der Waals surface area contributed by atoms with Crippen LogP contribution in [0.4, 0.5) is 18.9 Å². The molecule has 0 aliphatic carbocycles. The zero-order chi connectivity index (χ0) is 13.3. The molecule has 1 heterocycles. The van der Waals surface area contributed by atoms with E-state index in [0.717, 1.165) is 16.5 Å². The van der Waals surface area contributed by atoms with Crippen LogP contribution in [0, 0.1) is 24.4 Å². The Balaban J connectivity index is 2.24. The maximum atomic E-state index is 13.5. The van der Waals surface area contributed by atoms with Crippen molar-refractivity contribution in [2.45, 2.75) is 19.9 Å². The Kier molecular flexibility index (Phi) is 3.61. The molecule has 0 radical (unpaired) electrons. The predicted molar refractivity (Wildman–Crippen MR) is 67.4 cm³/mol. The molecule has 1 N–H and O–H groups in total.